The van der Waals surface area contributed by atoms with Crippen molar-refractivity contribution < 1.29 is 13.9 Å². The summed E-state index contributed by atoms with van der Waals surface area (Å²) in [5.74, 6) is 1.81. The molecule has 1 atom stereocenters. The normalized spacial score (nSPS) is 20.5. The summed E-state index contributed by atoms with van der Waals surface area (Å²) < 4.78 is 11.7. The number of hydrogen-bond acceptors (Lipinski definition) is 3. The van der Waals surface area contributed by atoms with Gasteiger partial charge < -0.3 is 9.15 Å². The summed E-state index contributed by atoms with van der Waals surface area (Å²) in [7, 11) is 0. The van der Waals surface area contributed by atoms with Crippen LogP contribution in [0, 0.1) is 11.3 Å². The molecule has 0 bridgehead atoms. The molecule has 3 heteroatoms. The second-order valence-electron chi connectivity index (χ2n) is 8.66. The highest BCUT2D eigenvalue weighted by atomic mass is 16.5. The largest absolute Gasteiger partial charge is 0.469 e. The van der Waals surface area contributed by atoms with Crippen molar-refractivity contribution in [3.05, 3.63) is 70.9 Å². The predicted octanol–water partition coefficient (Wildman–Crippen LogP) is 5.83. The van der Waals surface area contributed by atoms with Gasteiger partial charge in [-0.25, -0.2) is 0 Å². The number of allylic oxidation sites excluding steroid dienone is 2. The predicted molar refractivity (Wildman–Crippen MR) is 105 cm³/mol. The van der Waals surface area contributed by atoms with E-state index in [4.69, 9.17) is 9.15 Å². The molecule has 142 valence electrons. The van der Waals surface area contributed by atoms with Crippen molar-refractivity contribution in [2.75, 3.05) is 0 Å². The quantitative estimate of drug-likeness (QED) is 0.478. The van der Waals surface area contributed by atoms with Crippen molar-refractivity contribution in [1.29, 1.82) is 0 Å². The number of carbonyl (C=O) groups excluding carboxylic acids is 1. The lowest BCUT2D eigenvalue weighted by Gasteiger charge is -2.12. The van der Waals surface area contributed by atoms with Crippen LogP contribution in [0.15, 0.2) is 58.4 Å². The molecule has 2 aliphatic rings. The van der Waals surface area contributed by atoms with Crippen LogP contribution in [0.4, 0.5) is 0 Å². The molecule has 1 aromatic carbocycles. The zero-order valence-corrected chi connectivity index (χ0v) is 16.3. The Bertz CT molecular complexity index is 834. The van der Waals surface area contributed by atoms with Crippen LogP contribution >= 0.6 is 0 Å². The lowest BCUT2D eigenvalue weighted by molar-refractivity contribution is -0.142. The SMILES string of the molecule is CC1(C)CC1C(=O)OC(Cc1coc(Cc2ccccc2)c1)=C1CCCC1. The summed E-state index contributed by atoms with van der Waals surface area (Å²) in [6, 6.07) is 12.4. The van der Waals surface area contributed by atoms with Crippen molar-refractivity contribution in [3.63, 3.8) is 0 Å². The highest BCUT2D eigenvalue weighted by Gasteiger charge is 2.52. The minimum atomic E-state index is -0.0533. The van der Waals surface area contributed by atoms with Gasteiger partial charge in [0.05, 0.1) is 12.2 Å². The lowest BCUT2D eigenvalue weighted by atomic mass is 10.1. The first-order chi connectivity index (χ1) is 13.0. The average molecular weight is 364 g/mol. The second-order valence-corrected chi connectivity index (χ2v) is 8.66. The van der Waals surface area contributed by atoms with E-state index in [-0.39, 0.29) is 17.3 Å². The molecule has 0 radical (unpaired) electrons. The maximum atomic E-state index is 12.5. The molecule has 2 aliphatic carbocycles. The van der Waals surface area contributed by atoms with Crippen molar-refractivity contribution in [2.45, 2.75) is 58.8 Å². The van der Waals surface area contributed by atoms with Gasteiger partial charge in [-0.1, -0.05) is 44.2 Å². The van der Waals surface area contributed by atoms with Crippen LogP contribution < -0.4 is 0 Å². The third-order valence-corrected chi connectivity index (χ3v) is 5.92. The molecule has 2 fully saturated rings. The van der Waals surface area contributed by atoms with Crippen molar-refractivity contribution in [3.8, 4) is 0 Å². The smallest absolute Gasteiger partial charge is 0.314 e. The van der Waals surface area contributed by atoms with E-state index in [1.165, 1.54) is 24.0 Å². The zero-order chi connectivity index (χ0) is 18.9. The highest BCUT2D eigenvalue weighted by molar-refractivity contribution is 5.77. The van der Waals surface area contributed by atoms with Crippen molar-refractivity contribution >= 4 is 5.97 Å². The van der Waals surface area contributed by atoms with Gasteiger partial charge in [0, 0.05) is 12.8 Å². The number of carbonyl (C=O) groups is 1. The van der Waals surface area contributed by atoms with Gasteiger partial charge >= 0.3 is 5.97 Å². The molecule has 4 rings (SSSR count). The number of ether oxygens (including phenoxy) is 1. The van der Waals surface area contributed by atoms with E-state index in [0.29, 0.717) is 6.42 Å². The van der Waals surface area contributed by atoms with E-state index >= 15 is 0 Å². The molecule has 1 unspecified atom stereocenters. The minimum Gasteiger partial charge on any atom is -0.469 e. The average Bonchev–Trinajstić information content (AvgIpc) is 3.05. The number of benzene rings is 1. The molecule has 0 saturated heterocycles. The lowest BCUT2D eigenvalue weighted by Crippen LogP contribution is -2.12. The molecule has 2 aromatic rings. The van der Waals surface area contributed by atoms with Crippen LogP contribution in [-0.4, -0.2) is 5.97 Å². The van der Waals surface area contributed by atoms with Crippen LogP contribution in [0.1, 0.15) is 62.8 Å². The summed E-state index contributed by atoms with van der Waals surface area (Å²) in [6.07, 6.45) is 8.64. The summed E-state index contributed by atoms with van der Waals surface area (Å²) >= 11 is 0. The van der Waals surface area contributed by atoms with Crippen LogP contribution in [-0.2, 0) is 22.4 Å². The number of furan rings is 1. The van der Waals surface area contributed by atoms with Gasteiger partial charge in [0.1, 0.15) is 11.5 Å². The van der Waals surface area contributed by atoms with Gasteiger partial charge in [-0.2, -0.15) is 0 Å². The third kappa shape index (κ3) is 4.35. The van der Waals surface area contributed by atoms with Gasteiger partial charge in [-0.3, -0.25) is 4.79 Å². The number of rotatable bonds is 6. The van der Waals surface area contributed by atoms with Gasteiger partial charge in [-0.05, 0) is 60.3 Å². The van der Waals surface area contributed by atoms with Crippen molar-refractivity contribution in [2.24, 2.45) is 11.3 Å². The molecule has 1 heterocycles. The molecule has 0 amide bonds. The summed E-state index contributed by atoms with van der Waals surface area (Å²) in [6.45, 7) is 4.26. The molecule has 1 aromatic heterocycles. The monoisotopic (exact) mass is 364 g/mol. The van der Waals surface area contributed by atoms with Crippen LogP contribution in [0.25, 0.3) is 0 Å². The molecular weight excluding hydrogens is 336 g/mol. The molecule has 0 spiro atoms. The van der Waals surface area contributed by atoms with Crippen molar-refractivity contribution in [1.82, 2.24) is 0 Å². The summed E-state index contributed by atoms with van der Waals surface area (Å²) in [5, 5.41) is 0. The Kier molecular flexibility index (Phi) is 4.94. The molecule has 3 nitrogen and oxygen atoms in total. The third-order valence-electron chi connectivity index (χ3n) is 5.92. The molecule has 2 saturated carbocycles. The topological polar surface area (TPSA) is 39.4 Å². The fourth-order valence-electron chi connectivity index (χ4n) is 3.97. The van der Waals surface area contributed by atoms with Gasteiger partial charge in [0.15, 0.2) is 0 Å². The maximum Gasteiger partial charge on any atom is 0.314 e. The first-order valence-electron chi connectivity index (χ1n) is 10.0. The number of hydrogen-bond donors (Lipinski definition) is 0. The van der Waals surface area contributed by atoms with E-state index in [1.54, 1.807) is 0 Å². The Morgan fingerprint density at radius 3 is 2.52 bits per heavy atom. The molecular formula is C24H28O3. The maximum absolute atomic E-state index is 12.5. The van der Waals surface area contributed by atoms with E-state index < -0.39 is 0 Å². The standard InChI is InChI=1S/C24H28O3/c1-24(2)15-21(24)23(25)27-22(19-10-6-7-11-19)14-18-13-20(26-16-18)12-17-8-4-3-5-9-17/h3-5,8-9,13,16,21H,6-7,10-12,14-15H2,1-2H3. The fourth-order valence-corrected chi connectivity index (χ4v) is 3.97. The Balaban J connectivity index is 1.46. The van der Waals surface area contributed by atoms with E-state index in [2.05, 4.69) is 32.0 Å². The first kappa shape index (κ1) is 18.1. The zero-order valence-electron chi connectivity index (χ0n) is 16.3. The Hall–Kier alpha value is -2.29. The Labute approximate surface area is 161 Å². The van der Waals surface area contributed by atoms with E-state index in [9.17, 15) is 4.79 Å². The van der Waals surface area contributed by atoms with Gasteiger partial charge in [0.25, 0.3) is 0 Å². The number of esters is 1. The van der Waals surface area contributed by atoms with Crippen LogP contribution in [0.2, 0.25) is 0 Å². The Morgan fingerprint density at radius 2 is 1.85 bits per heavy atom. The fraction of sp³-hybridized carbons (Fsp3) is 0.458. The van der Waals surface area contributed by atoms with Gasteiger partial charge in [0.2, 0.25) is 0 Å². The second kappa shape index (κ2) is 7.38. The molecule has 0 aliphatic heterocycles. The van der Waals surface area contributed by atoms with Crippen LogP contribution in [0.3, 0.4) is 0 Å². The van der Waals surface area contributed by atoms with E-state index in [1.807, 2.05) is 24.5 Å². The minimum absolute atomic E-state index is 0.0486. The van der Waals surface area contributed by atoms with Crippen LogP contribution in [0.5, 0.6) is 0 Å². The van der Waals surface area contributed by atoms with E-state index in [0.717, 1.165) is 42.8 Å². The first-order valence-corrected chi connectivity index (χ1v) is 10.0. The highest BCUT2D eigenvalue weighted by Crippen LogP contribution is 2.52. The molecule has 27 heavy (non-hydrogen) atoms. The van der Waals surface area contributed by atoms with Gasteiger partial charge in [-0.15, -0.1) is 0 Å². The molecule has 0 N–H and O–H groups in total. The Morgan fingerprint density at radius 1 is 1.15 bits per heavy atom. The summed E-state index contributed by atoms with van der Waals surface area (Å²) in [5.41, 5.74) is 3.72. The summed E-state index contributed by atoms with van der Waals surface area (Å²) in [4.78, 5) is 12.5.